The predicted octanol–water partition coefficient (Wildman–Crippen LogP) is 2.08. The smallest absolute Gasteiger partial charge is 0.110 e. The third-order valence-electron chi connectivity index (χ3n) is 3.50. The normalized spacial score (nSPS) is 20.0. The zero-order valence-corrected chi connectivity index (χ0v) is 9.61. The number of rotatable bonds is 1. The van der Waals surface area contributed by atoms with Crippen LogP contribution < -0.4 is 5.73 Å². The predicted molar refractivity (Wildman–Crippen MR) is 65.1 cm³/mol. The van der Waals surface area contributed by atoms with Crippen LogP contribution in [0.3, 0.4) is 0 Å². The maximum atomic E-state index is 5.65. The number of nitrogens with zero attached hydrogens (tertiary/aromatic N) is 2. The molecule has 0 radical (unpaired) electrons. The molecule has 2 N–H and O–H groups in total. The van der Waals surface area contributed by atoms with Gasteiger partial charge in [0.2, 0.25) is 0 Å². The maximum absolute atomic E-state index is 5.65. The fraction of sp³-hybridized carbons (Fsp3) is 0.462. The average molecular weight is 215 g/mol. The summed E-state index contributed by atoms with van der Waals surface area (Å²) in [6.45, 7) is 4.00. The van der Waals surface area contributed by atoms with Crippen molar-refractivity contribution in [3.63, 3.8) is 0 Å². The Morgan fingerprint density at radius 1 is 1.50 bits per heavy atom. The number of nitrogens with two attached hydrogens (primary N) is 1. The lowest BCUT2D eigenvalue weighted by atomic mass is 10.0. The van der Waals surface area contributed by atoms with E-state index in [-0.39, 0.29) is 0 Å². The Hall–Kier alpha value is -1.35. The molecule has 2 heterocycles. The summed E-state index contributed by atoms with van der Waals surface area (Å²) >= 11 is 0. The van der Waals surface area contributed by atoms with Gasteiger partial charge in [-0.25, -0.2) is 4.98 Å². The highest BCUT2D eigenvalue weighted by atomic mass is 15.1. The third-order valence-corrected chi connectivity index (χ3v) is 3.50. The Morgan fingerprint density at radius 2 is 2.38 bits per heavy atom. The highest BCUT2D eigenvalue weighted by Gasteiger charge is 2.18. The first-order valence-corrected chi connectivity index (χ1v) is 5.96. The molecule has 2 aromatic rings. The lowest BCUT2D eigenvalue weighted by molar-refractivity contribution is 0.415. The molecule has 3 heteroatoms. The second-order valence-corrected chi connectivity index (χ2v) is 4.80. The maximum Gasteiger partial charge on any atom is 0.110 e. The van der Waals surface area contributed by atoms with Crippen LogP contribution >= 0.6 is 0 Å². The highest BCUT2D eigenvalue weighted by molar-refractivity contribution is 5.77. The largest absolute Gasteiger partial charge is 0.328 e. The molecule has 0 spiro atoms. The van der Waals surface area contributed by atoms with Crippen LogP contribution in [0.1, 0.15) is 24.7 Å². The standard InChI is InChI=1S/C13H17N3/c1-9-4-5-16-12-3-2-10(8-14)7-11(12)15-13(16)6-9/h2-3,7,9H,4-6,8,14H2,1H3. The van der Waals surface area contributed by atoms with Gasteiger partial charge >= 0.3 is 0 Å². The monoisotopic (exact) mass is 215 g/mol. The van der Waals surface area contributed by atoms with Gasteiger partial charge in [-0.1, -0.05) is 13.0 Å². The van der Waals surface area contributed by atoms with Crippen molar-refractivity contribution in [3.05, 3.63) is 29.6 Å². The quantitative estimate of drug-likeness (QED) is 0.791. The molecule has 0 bridgehead atoms. The summed E-state index contributed by atoms with van der Waals surface area (Å²) in [4.78, 5) is 4.72. The van der Waals surface area contributed by atoms with E-state index >= 15 is 0 Å². The highest BCUT2D eigenvalue weighted by Crippen LogP contribution is 2.25. The topological polar surface area (TPSA) is 43.8 Å². The van der Waals surface area contributed by atoms with Crippen LogP contribution in [0.4, 0.5) is 0 Å². The zero-order chi connectivity index (χ0) is 11.1. The lowest BCUT2D eigenvalue weighted by Gasteiger charge is -2.19. The van der Waals surface area contributed by atoms with Crippen LogP contribution in [0.25, 0.3) is 11.0 Å². The molecule has 3 nitrogen and oxygen atoms in total. The molecule has 3 rings (SSSR count). The van der Waals surface area contributed by atoms with Crippen molar-refractivity contribution in [1.29, 1.82) is 0 Å². The Morgan fingerprint density at radius 3 is 3.19 bits per heavy atom. The van der Waals surface area contributed by atoms with Crippen molar-refractivity contribution >= 4 is 11.0 Å². The van der Waals surface area contributed by atoms with Crippen molar-refractivity contribution < 1.29 is 0 Å². The minimum atomic E-state index is 0.592. The number of aryl methyl sites for hydroxylation is 1. The van der Waals surface area contributed by atoms with Gasteiger partial charge in [-0.2, -0.15) is 0 Å². The first kappa shape index (κ1) is 9.85. The van der Waals surface area contributed by atoms with Crippen LogP contribution in [-0.2, 0) is 19.5 Å². The van der Waals surface area contributed by atoms with E-state index in [0.29, 0.717) is 6.54 Å². The number of benzene rings is 1. The Bertz CT molecular complexity index is 527. The summed E-state index contributed by atoms with van der Waals surface area (Å²) in [5, 5.41) is 0. The van der Waals surface area contributed by atoms with E-state index in [1.165, 1.54) is 17.8 Å². The van der Waals surface area contributed by atoms with Gasteiger partial charge in [0.05, 0.1) is 11.0 Å². The molecule has 0 amide bonds. The van der Waals surface area contributed by atoms with E-state index in [9.17, 15) is 0 Å². The van der Waals surface area contributed by atoms with Crippen molar-refractivity contribution in [2.45, 2.75) is 32.9 Å². The molecule has 16 heavy (non-hydrogen) atoms. The third kappa shape index (κ3) is 1.43. The number of hydrogen-bond acceptors (Lipinski definition) is 2. The molecule has 1 unspecified atom stereocenters. The van der Waals surface area contributed by atoms with E-state index in [2.05, 4.69) is 29.7 Å². The molecule has 84 valence electrons. The second kappa shape index (κ2) is 3.59. The molecule has 1 atom stereocenters. The first-order chi connectivity index (χ1) is 7.78. The molecule has 0 saturated heterocycles. The molecule has 0 fully saturated rings. The van der Waals surface area contributed by atoms with E-state index in [1.54, 1.807) is 0 Å². The van der Waals surface area contributed by atoms with Crippen molar-refractivity contribution in [2.24, 2.45) is 11.7 Å². The molecule has 1 aliphatic rings. The van der Waals surface area contributed by atoms with Crippen LogP contribution in [-0.4, -0.2) is 9.55 Å². The second-order valence-electron chi connectivity index (χ2n) is 4.80. The fourth-order valence-corrected chi connectivity index (χ4v) is 2.52. The minimum Gasteiger partial charge on any atom is -0.328 e. The van der Waals surface area contributed by atoms with Crippen molar-refractivity contribution in [3.8, 4) is 0 Å². The van der Waals surface area contributed by atoms with E-state index in [0.717, 1.165) is 30.0 Å². The molecule has 1 aromatic heterocycles. The molecule has 0 aliphatic carbocycles. The van der Waals surface area contributed by atoms with Gasteiger partial charge in [-0.15, -0.1) is 0 Å². The average Bonchev–Trinajstić information content (AvgIpc) is 2.64. The number of imidazole rings is 1. The summed E-state index contributed by atoms with van der Waals surface area (Å²) in [6.07, 6.45) is 2.36. The van der Waals surface area contributed by atoms with Gasteiger partial charge < -0.3 is 10.3 Å². The van der Waals surface area contributed by atoms with Gasteiger partial charge in [0.15, 0.2) is 0 Å². The fourth-order valence-electron chi connectivity index (χ4n) is 2.52. The SMILES string of the molecule is CC1CCn2c(nc3cc(CN)ccc32)C1. The van der Waals surface area contributed by atoms with Crippen molar-refractivity contribution in [1.82, 2.24) is 9.55 Å². The molecule has 1 aromatic carbocycles. The summed E-state index contributed by atoms with van der Waals surface area (Å²) < 4.78 is 2.36. The van der Waals surface area contributed by atoms with Gasteiger partial charge in [-0.05, 0) is 30.0 Å². The summed E-state index contributed by atoms with van der Waals surface area (Å²) in [7, 11) is 0. The summed E-state index contributed by atoms with van der Waals surface area (Å²) in [6, 6.07) is 6.38. The Kier molecular flexibility index (Phi) is 2.21. The molecule has 0 saturated carbocycles. The lowest BCUT2D eigenvalue weighted by Crippen LogP contribution is -2.17. The van der Waals surface area contributed by atoms with Gasteiger partial charge in [0.25, 0.3) is 0 Å². The van der Waals surface area contributed by atoms with Crippen LogP contribution in [0.15, 0.2) is 18.2 Å². The van der Waals surface area contributed by atoms with Crippen molar-refractivity contribution in [2.75, 3.05) is 0 Å². The van der Waals surface area contributed by atoms with E-state index in [4.69, 9.17) is 10.7 Å². The number of fused-ring (bicyclic) bond motifs is 3. The first-order valence-electron chi connectivity index (χ1n) is 5.96. The molecular weight excluding hydrogens is 198 g/mol. The van der Waals surface area contributed by atoms with Crippen LogP contribution in [0.2, 0.25) is 0 Å². The van der Waals surface area contributed by atoms with E-state index in [1.807, 2.05) is 0 Å². The summed E-state index contributed by atoms with van der Waals surface area (Å²) in [5.74, 6) is 2.00. The molecular formula is C13H17N3. The van der Waals surface area contributed by atoms with Gasteiger partial charge in [0, 0.05) is 19.5 Å². The molecule has 1 aliphatic heterocycles. The Balaban J connectivity index is 2.16. The zero-order valence-electron chi connectivity index (χ0n) is 9.61. The van der Waals surface area contributed by atoms with Crippen LogP contribution in [0, 0.1) is 5.92 Å². The number of aromatic nitrogens is 2. The Labute approximate surface area is 95.3 Å². The number of hydrogen-bond donors (Lipinski definition) is 1. The van der Waals surface area contributed by atoms with Gasteiger partial charge in [-0.3, -0.25) is 0 Å². The van der Waals surface area contributed by atoms with E-state index < -0.39 is 0 Å². The van der Waals surface area contributed by atoms with Gasteiger partial charge in [0.1, 0.15) is 5.82 Å². The van der Waals surface area contributed by atoms with Crippen LogP contribution in [0.5, 0.6) is 0 Å². The minimum absolute atomic E-state index is 0.592. The summed E-state index contributed by atoms with van der Waals surface area (Å²) in [5.41, 5.74) is 9.18.